The van der Waals surface area contributed by atoms with Crippen molar-refractivity contribution in [3.63, 3.8) is 0 Å². The van der Waals surface area contributed by atoms with Crippen LogP contribution in [0.4, 0.5) is 0 Å². The van der Waals surface area contributed by atoms with E-state index in [2.05, 4.69) is 10.6 Å². The number of amides is 3. The average Bonchev–Trinajstić information content (AvgIpc) is 2.44. The molecule has 1 aliphatic heterocycles. The van der Waals surface area contributed by atoms with Crippen molar-refractivity contribution in [1.82, 2.24) is 15.5 Å². The maximum Gasteiger partial charge on any atom is 0.310 e. The summed E-state index contributed by atoms with van der Waals surface area (Å²) in [6.07, 6.45) is 3.05. The summed E-state index contributed by atoms with van der Waals surface area (Å²) in [6.45, 7) is 2.70. The third kappa shape index (κ3) is 4.58. The summed E-state index contributed by atoms with van der Waals surface area (Å²) < 4.78 is 0. The highest BCUT2D eigenvalue weighted by atomic mass is 16.2. The van der Waals surface area contributed by atoms with Crippen LogP contribution in [0.25, 0.3) is 0 Å². The fraction of sp³-hybridized carbons (Fsp3) is 0.667. The Hall–Kier alpha value is -2.10. The predicted molar refractivity (Wildman–Crippen MR) is 66.7 cm³/mol. The molecule has 19 heavy (non-hydrogen) atoms. The zero-order chi connectivity index (χ0) is 14.3. The van der Waals surface area contributed by atoms with Crippen LogP contribution in [0.1, 0.15) is 26.2 Å². The van der Waals surface area contributed by atoms with Gasteiger partial charge in [0, 0.05) is 13.1 Å². The fourth-order valence-electron chi connectivity index (χ4n) is 1.91. The summed E-state index contributed by atoms with van der Waals surface area (Å²) in [7, 11) is 0. The van der Waals surface area contributed by atoms with Crippen molar-refractivity contribution in [2.24, 2.45) is 0 Å². The lowest BCUT2D eigenvalue weighted by Crippen LogP contribution is -2.51. The molecule has 0 aromatic rings. The van der Waals surface area contributed by atoms with Gasteiger partial charge in [-0.3, -0.25) is 14.4 Å². The van der Waals surface area contributed by atoms with Crippen LogP contribution in [0.2, 0.25) is 0 Å². The van der Waals surface area contributed by atoms with Crippen molar-refractivity contribution in [1.29, 1.82) is 5.26 Å². The Bertz CT molecular complexity index is 396. The van der Waals surface area contributed by atoms with Crippen LogP contribution in [0.3, 0.4) is 0 Å². The smallest absolute Gasteiger partial charge is 0.310 e. The van der Waals surface area contributed by atoms with Gasteiger partial charge in [-0.2, -0.15) is 5.26 Å². The average molecular weight is 266 g/mol. The van der Waals surface area contributed by atoms with Gasteiger partial charge >= 0.3 is 11.8 Å². The van der Waals surface area contributed by atoms with Gasteiger partial charge in [0.1, 0.15) is 12.6 Å². The van der Waals surface area contributed by atoms with Gasteiger partial charge in [-0.1, -0.05) is 0 Å². The molecular formula is C12H18N4O3. The summed E-state index contributed by atoms with van der Waals surface area (Å²) >= 11 is 0. The third-order valence-corrected chi connectivity index (χ3v) is 2.92. The quantitative estimate of drug-likeness (QED) is 0.512. The summed E-state index contributed by atoms with van der Waals surface area (Å²) in [5, 5.41) is 12.7. The van der Waals surface area contributed by atoms with E-state index in [-0.39, 0.29) is 12.5 Å². The lowest BCUT2D eigenvalue weighted by Gasteiger charge is -2.29. The van der Waals surface area contributed by atoms with Crippen LogP contribution >= 0.6 is 0 Å². The molecule has 1 heterocycles. The van der Waals surface area contributed by atoms with Gasteiger partial charge in [0.2, 0.25) is 5.91 Å². The molecule has 0 aliphatic carbocycles. The molecule has 0 spiro atoms. The molecule has 0 aromatic heterocycles. The molecule has 2 N–H and O–H groups in total. The Morgan fingerprint density at radius 1 is 1.21 bits per heavy atom. The molecule has 3 amide bonds. The van der Waals surface area contributed by atoms with Crippen LogP contribution < -0.4 is 10.6 Å². The number of hydrogen-bond acceptors (Lipinski definition) is 4. The van der Waals surface area contributed by atoms with E-state index in [0.717, 1.165) is 19.3 Å². The van der Waals surface area contributed by atoms with E-state index < -0.39 is 17.9 Å². The van der Waals surface area contributed by atoms with Gasteiger partial charge in [-0.25, -0.2) is 0 Å². The first kappa shape index (κ1) is 15.0. The second-order valence-electron chi connectivity index (χ2n) is 4.42. The van der Waals surface area contributed by atoms with Crippen molar-refractivity contribution < 1.29 is 14.4 Å². The van der Waals surface area contributed by atoms with Gasteiger partial charge in [-0.15, -0.1) is 0 Å². The van der Waals surface area contributed by atoms with Gasteiger partial charge in [0.15, 0.2) is 0 Å². The first-order valence-electron chi connectivity index (χ1n) is 6.30. The minimum atomic E-state index is -0.903. The molecule has 1 atom stereocenters. The molecule has 1 aliphatic rings. The maximum absolute atomic E-state index is 12.0. The monoisotopic (exact) mass is 266 g/mol. The number of carbonyl (C=O) groups excluding carboxylic acids is 3. The minimum Gasteiger partial charge on any atom is -0.341 e. The molecule has 1 rings (SSSR count). The summed E-state index contributed by atoms with van der Waals surface area (Å²) in [5.74, 6) is -1.98. The van der Waals surface area contributed by atoms with Crippen molar-refractivity contribution in [2.75, 3.05) is 19.6 Å². The maximum atomic E-state index is 12.0. The van der Waals surface area contributed by atoms with Gasteiger partial charge in [0.05, 0.1) is 6.07 Å². The minimum absolute atomic E-state index is 0.180. The highest BCUT2D eigenvalue weighted by molar-refractivity contribution is 6.35. The van der Waals surface area contributed by atoms with Crippen molar-refractivity contribution in [3.05, 3.63) is 0 Å². The van der Waals surface area contributed by atoms with E-state index in [9.17, 15) is 14.4 Å². The molecule has 0 aromatic carbocycles. The van der Waals surface area contributed by atoms with Crippen molar-refractivity contribution in [3.8, 4) is 6.07 Å². The van der Waals surface area contributed by atoms with Crippen LogP contribution in [-0.2, 0) is 14.4 Å². The van der Waals surface area contributed by atoms with Crippen LogP contribution in [0.5, 0.6) is 0 Å². The van der Waals surface area contributed by atoms with Gasteiger partial charge in [-0.05, 0) is 26.2 Å². The number of nitriles is 1. The topological polar surface area (TPSA) is 102 Å². The van der Waals surface area contributed by atoms with Crippen molar-refractivity contribution >= 4 is 17.7 Å². The Balaban J connectivity index is 2.42. The summed E-state index contributed by atoms with van der Waals surface area (Å²) in [4.78, 5) is 36.4. The Labute approximate surface area is 111 Å². The van der Waals surface area contributed by atoms with E-state index in [1.54, 1.807) is 17.9 Å². The molecule has 0 radical (unpaired) electrons. The Morgan fingerprint density at radius 2 is 1.84 bits per heavy atom. The number of rotatable bonds is 3. The molecule has 0 saturated carbocycles. The highest BCUT2D eigenvalue weighted by Crippen LogP contribution is 2.09. The van der Waals surface area contributed by atoms with Gasteiger partial charge in [0.25, 0.3) is 0 Å². The highest BCUT2D eigenvalue weighted by Gasteiger charge is 2.25. The number of nitrogens with one attached hydrogen (secondary N) is 2. The Morgan fingerprint density at radius 3 is 2.42 bits per heavy atom. The zero-order valence-electron chi connectivity index (χ0n) is 10.9. The van der Waals surface area contributed by atoms with Crippen LogP contribution in [0.15, 0.2) is 0 Å². The molecule has 1 unspecified atom stereocenters. The number of likely N-dealkylation sites (tertiary alicyclic amines) is 1. The number of hydrogen-bond donors (Lipinski definition) is 2. The lowest BCUT2D eigenvalue weighted by molar-refractivity contribution is -0.142. The zero-order valence-corrected chi connectivity index (χ0v) is 10.9. The predicted octanol–water partition coefficient (Wildman–Crippen LogP) is -0.857. The van der Waals surface area contributed by atoms with E-state index >= 15 is 0 Å². The van der Waals surface area contributed by atoms with Gasteiger partial charge < -0.3 is 15.5 Å². The lowest BCUT2D eigenvalue weighted by atomic mass is 10.1. The van der Waals surface area contributed by atoms with E-state index in [1.165, 1.54) is 0 Å². The summed E-state index contributed by atoms with van der Waals surface area (Å²) in [6, 6.07) is 0.957. The van der Waals surface area contributed by atoms with E-state index in [4.69, 9.17) is 5.26 Å². The molecule has 1 saturated heterocycles. The van der Waals surface area contributed by atoms with Crippen molar-refractivity contribution in [2.45, 2.75) is 32.2 Å². The second kappa shape index (κ2) is 7.36. The first-order chi connectivity index (χ1) is 9.06. The second-order valence-corrected chi connectivity index (χ2v) is 4.42. The number of nitrogens with zero attached hydrogens (tertiary/aromatic N) is 2. The summed E-state index contributed by atoms with van der Waals surface area (Å²) in [5.41, 5.74) is 0. The molecule has 0 bridgehead atoms. The van der Waals surface area contributed by atoms with Crippen LogP contribution in [0, 0.1) is 11.3 Å². The van der Waals surface area contributed by atoms with E-state index in [1.807, 2.05) is 0 Å². The first-order valence-corrected chi connectivity index (χ1v) is 6.30. The van der Waals surface area contributed by atoms with Crippen LogP contribution in [-0.4, -0.2) is 48.3 Å². The van der Waals surface area contributed by atoms with E-state index in [0.29, 0.717) is 13.1 Å². The third-order valence-electron chi connectivity index (χ3n) is 2.92. The standard InChI is InChI=1S/C12H18N4O3/c1-9(12(19)16-7-3-2-4-8-16)15-11(18)10(17)14-6-5-13/h9H,2-4,6-8H2,1H3,(H,14,17)(H,15,18). The molecule has 7 nitrogen and oxygen atoms in total. The fourth-order valence-corrected chi connectivity index (χ4v) is 1.91. The SMILES string of the molecule is CC(NC(=O)C(=O)NCC#N)C(=O)N1CCCCC1. The molecule has 7 heteroatoms. The Kier molecular flexibility index (Phi) is 5.79. The molecular weight excluding hydrogens is 248 g/mol. The largest absolute Gasteiger partial charge is 0.341 e. The normalized spacial score (nSPS) is 16.1. The number of piperidine rings is 1. The molecule has 1 fully saturated rings. The number of carbonyl (C=O) groups is 3. The molecule has 104 valence electrons.